The van der Waals surface area contributed by atoms with Crippen LogP contribution in [-0.2, 0) is 29.1 Å². The molecule has 3 aromatic rings. The number of benzene rings is 2. The van der Waals surface area contributed by atoms with Gasteiger partial charge in [-0.15, -0.1) is 6.58 Å². The lowest BCUT2D eigenvalue weighted by molar-refractivity contribution is -0.141. The Morgan fingerprint density at radius 1 is 1.04 bits per heavy atom. The molecule has 2 aliphatic carbocycles. The number of nitrogens with one attached hydrogen (secondary N) is 3. The molecular formula is C41H50ClN5O9S. The Kier molecular flexibility index (Phi) is 11.3. The van der Waals surface area contributed by atoms with E-state index in [0.717, 1.165) is 0 Å². The first-order valence-corrected chi connectivity index (χ1v) is 20.8. The topological polar surface area (TPSA) is 182 Å². The molecule has 2 heterocycles. The van der Waals surface area contributed by atoms with Crippen molar-refractivity contribution in [1.29, 1.82) is 0 Å². The van der Waals surface area contributed by atoms with Gasteiger partial charge in [0.15, 0.2) is 0 Å². The quantitative estimate of drug-likeness (QED) is 0.148. The number of rotatable bonds is 13. The van der Waals surface area contributed by atoms with Gasteiger partial charge >= 0.3 is 5.97 Å². The Bertz CT molecular complexity index is 2200. The summed E-state index contributed by atoms with van der Waals surface area (Å²) in [7, 11) is -2.39. The van der Waals surface area contributed by atoms with Gasteiger partial charge in [0.05, 0.1) is 30.7 Å². The van der Waals surface area contributed by atoms with E-state index in [4.69, 9.17) is 25.8 Å². The molecular weight excluding hydrogens is 774 g/mol. The maximum Gasteiger partial charge on any atom is 0.338 e. The lowest BCUT2D eigenvalue weighted by atomic mass is 9.85. The standard InChI is InChI=1S/C41H50ClN5O9S/c1-9-24-20-41(24,38(51)46-57(52,53)28-15-16-28)45-34(48)31-19-27(55-35-30-18-25(42)12-17-29(30)32(54-8)21-43-35)22-47(31)36(49)33(39(2,3)4)44-26-13-10-23(11-14-26)37(50)56-40(5,6)7/h9-14,17-18,21,24,27-28,31,33,44H,1,15-16,19-20,22H2,2-8H3,(H,45,48)(H,46,51)/t24?,27-,31+,33-,41?/m1/s1. The summed E-state index contributed by atoms with van der Waals surface area (Å²) in [6.45, 7) is 14.8. The number of esters is 1. The first-order valence-electron chi connectivity index (χ1n) is 18.9. The van der Waals surface area contributed by atoms with Gasteiger partial charge in [0.25, 0.3) is 5.91 Å². The third-order valence-electron chi connectivity index (χ3n) is 10.3. The van der Waals surface area contributed by atoms with E-state index in [2.05, 4.69) is 26.9 Å². The SMILES string of the molecule is C=CC1CC1(NC(=O)[C@@H]1C[C@@H](Oc2ncc(OC)c3ccc(Cl)cc23)CN1C(=O)[C@@H](Nc1ccc(C(=O)OC(C)(C)C)cc1)C(C)(C)C)C(=O)NS(=O)(=O)C1CC1. The fraction of sp³-hybridized carbons (Fsp3) is 0.488. The molecule has 57 heavy (non-hydrogen) atoms. The molecule has 2 aromatic carbocycles. The second-order valence-corrected chi connectivity index (χ2v) is 19.4. The molecule has 0 bridgehead atoms. The van der Waals surface area contributed by atoms with Crippen molar-refractivity contribution in [1.82, 2.24) is 19.9 Å². The Balaban J connectivity index is 1.30. The Hall–Kier alpha value is -4.89. The normalized spacial score (nSPS) is 22.6. The number of fused-ring (bicyclic) bond motifs is 1. The van der Waals surface area contributed by atoms with Crippen LogP contribution in [0.15, 0.2) is 61.3 Å². The highest BCUT2D eigenvalue weighted by Crippen LogP contribution is 2.46. The minimum Gasteiger partial charge on any atom is -0.494 e. The van der Waals surface area contributed by atoms with Crippen molar-refractivity contribution >= 4 is 61.8 Å². The molecule has 16 heteroatoms. The summed E-state index contributed by atoms with van der Waals surface area (Å²) >= 11 is 6.37. The van der Waals surface area contributed by atoms with Gasteiger partial charge in [0.2, 0.25) is 27.7 Å². The number of hydrogen-bond donors (Lipinski definition) is 3. The molecule has 1 aliphatic heterocycles. The van der Waals surface area contributed by atoms with Gasteiger partial charge in [-0.25, -0.2) is 18.2 Å². The Morgan fingerprint density at radius 2 is 1.72 bits per heavy atom. The maximum absolute atomic E-state index is 14.8. The molecule has 0 spiro atoms. The number of pyridine rings is 1. The zero-order chi connectivity index (χ0) is 41.7. The predicted molar refractivity (Wildman–Crippen MR) is 216 cm³/mol. The second-order valence-electron chi connectivity index (χ2n) is 17.0. The lowest BCUT2D eigenvalue weighted by Crippen LogP contribution is -2.58. The van der Waals surface area contributed by atoms with Crippen molar-refractivity contribution in [2.75, 3.05) is 19.0 Å². The number of anilines is 1. The molecule has 3 N–H and O–H groups in total. The zero-order valence-corrected chi connectivity index (χ0v) is 34.8. The molecule has 2 saturated carbocycles. The summed E-state index contributed by atoms with van der Waals surface area (Å²) in [5.74, 6) is -2.21. The van der Waals surface area contributed by atoms with E-state index in [1.807, 2.05) is 20.8 Å². The van der Waals surface area contributed by atoms with Crippen molar-refractivity contribution < 1.29 is 41.8 Å². The van der Waals surface area contributed by atoms with Gasteiger partial charge in [-0.1, -0.05) is 38.4 Å². The first kappa shape index (κ1) is 41.7. The molecule has 14 nitrogen and oxygen atoms in total. The minimum absolute atomic E-state index is 0.0195. The van der Waals surface area contributed by atoms with E-state index < -0.39 is 79.6 Å². The van der Waals surface area contributed by atoms with Gasteiger partial charge in [-0.05, 0) is 87.9 Å². The zero-order valence-electron chi connectivity index (χ0n) is 33.2. The smallest absolute Gasteiger partial charge is 0.338 e. The minimum atomic E-state index is -3.91. The molecule has 3 amide bonds. The number of ether oxygens (including phenoxy) is 3. The van der Waals surface area contributed by atoms with Crippen molar-refractivity contribution in [3.05, 3.63) is 71.9 Å². The van der Waals surface area contributed by atoms with Crippen molar-refractivity contribution in [2.45, 2.75) is 102 Å². The summed E-state index contributed by atoms with van der Waals surface area (Å²) in [5, 5.41) is 7.19. The average molecular weight is 824 g/mol. The number of amides is 3. The monoisotopic (exact) mass is 823 g/mol. The Labute approximate surface area is 338 Å². The van der Waals surface area contributed by atoms with E-state index >= 15 is 0 Å². The number of aromatic nitrogens is 1. The molecule has 2 unspecified atom stereocenters. The third kappa shape index (κ3) is 9.14. The number of methoxy groups -OCH3 is 1. The average Bonchev–Trinajstić information content (AvgIpc) is 4.06. The van der Waals surface area contributed by atoms with Crippen LogP contribution < -0.4 is 24.8 Å². The van der Waals surface area contributed by atoms with E-state index in [1.165, 1.54) is 24.3 Å². The third-order valence-corrected chi connectivity index (χ3v) is 12.4. The fourth-order valence-electron chi connectivity index (χ4n) is 6.99. The fourth-order valence-corrected chi connectivity index (χ4v) is 8.53. The highest BCUT2D eigenvalue weighted by Gasteiger charge is 2.62. The molecule has 1 saturated heterocycles. The van der Waals surface area contributed by atoms with Gasteiger partial charge in [-0.3, -0.25) is 19.1 Å². The number of carbonyl (C=O) groups excluding carboxylic acids is 4. The van der Waals surface area contributed by atoms with Crippen LogP contribution in [0.4, 0.5) is 5.69 Å². The van der Waals surface area contributed by atoms with Crippen molar-refractivity contribution in [3.8, 4) is 11.6 Å². The van der Waals surface area contributed by atoms with E-state index in [9.17, 15) is 27.6 Å². The van der Waals surface area contributed by atoms with E-state index in [-0.39, 0.29) is 25.3 Å². The summed E-state index contributed by atoms with van der Waals surface area (Å²) in [5.41, 5.74) is -2.04. The van der Waals surface area contributed by atoms with Crippen LogP contribution in [0.25, 0.3) is 10.8 Å². The predicted octanol–water partition coefficient (Wildman–Crippen LogP) is 5.40. The molecule has 6 rings (SSSR count). The first-order chi connectivity index (χ1) is 26.7. The Morgan fingerprint density at radius 3 is 2.30 bits per heavy atom. The number of halogens is 1. The van der Waals surface area contributed by atoms with Crippen LogP contribution in [0.2, 0.25) is 5.02 Å². The number of hydrogen-bond acceptors (Lipinski definition) is 11. The molecule has 3 aliphatic rings. The van der Waals surface area contributed by atoms with E-state index in [1.54, 1.807) is 63.2 Å². The van der Waals surface area contributed by atoms with Gasteiger partial charge in [0.1, 0.15) is 35.1 Å². The molecule has 0 radical (unpaired) electrons. The van der Waals surface area contributed by atoms with Crippen LogP contribution in [0.1, 0.15) is 77.6 Å². The molecule has 1 aromatic heterocycles. The molecule has 3 fully saturated rings. The largest absolute Gasteiger partial charge is 0.494 e. The number of likely N-dealkylation sites (tertiary alicyclic amines) is 1. The highest BCUT2D eigenvalue weighted by atomic mass is 35.5. The van der Waals surface area contributed by atoms with Gasteiger partial charge in [0, 0.05) is 33.8 Å². The summed E-state index contributed by atoms with van der Waals surface area (Å²) < 4.78 is 45.1. The van der Waals surface area contributed by atoms with Gasteiger partial charge in [-0.2, -0.15) is 0 Å². The summed E-state index contributed by atoms with van der Waals surface area (Å²) in [6.07, 6.45) is 3.35. The van der Waals surface area contributed by atoms with Crippen LogP contribution in [0, 0.1) is 11.3 Å². The van der Waals surface area contributed by atoms with Crippen LogP contribution in [0.5, 0.6) is 11.6 Å². The number of sulfonamides is 1. The van der Waals surface area contributed by atoms with Crippen molar-refractivity contribution in [3.63, 3.8) is 0 Å². The van der Waals surface area contributed by atoms with Crippen LogP contribution in [-0.4, -0.2) is 90.2 Å². The summed E-state index contributed by atoms with van der Waals surface area (Å²) in [6, 6.07) is 9.74. The van der Waals surface area contributed by atoms with Gasteiger partial charge < -0.3 is 29.7 Å². The summed E-state index contributed by atoms with van der Waals surface area (Å²) in [4.78, 5) is 61.4. The van der Waals surface area contributed by atoms with E-state index in [0.29, 0.717) is 45.6 Å². The number of nitrogens with zero attached hydrogens (tertiary/aromatic N) is 2. The van der Waals surface area contributed by atoms with Crippen molar-refractivity contribution in [2.24, 2.45) is 11.3 Å². The number of carbonyl (C=O) groups is 4. The molecule has 306 valence electrons. The second kappa shape index (κ2) is 15.5. The highest BCUT2D eigenvalue weighted by molar-refractivity contribution is 7.91. The molecule has 5 atom stereocenters. The van der Waals surface area contributed by atoms with Crippen LogP contribution >= 0.6 is 11.6 Å². The lowest BCUT2D eigenvalue weighted by Gasteiger charge is -2.36. The van der Waals surface area contributed by atoms with Crippen LogP contribution in [0.3, 0.4) is 0 Å². The maximum atomic E-state index is 14.8.